The molecule has 0 saturated heterocycles. The van der Waals surface area contributed by atoms with Gasteiger partial charge in [-0.3, -0.25) is 4.79 Å². The summed E-state index contributed by atoms with van der Waals surface area (Å²) >= 11 is 0. The molecule has 1 aliphatic carbocycles. The highest BCUT2D eigenvalue weighted by molar-refractivity contribution is 6.27. The molecule has 0 heterocycles. The van der Waals surface area contributed by atoms with Crippen molar-refractivity contribution in [3.05, 3.63) is 40.5 Å². The van der Waals surface area contributed by atoms with E-state index in [1.54, 1.807) is 0 Å². The third-order valence-corrected chi connectivity index (χ3v) is 3.56. The summed E-state index contributed by atoms with van der Waals surface area (Å²) in [6.07, 6.45) is 2.04. The van der Waals surface area contributed by atoms with Crippen molar-refractivity contribution in [2.45, 2.75) is 33.1 Å². The van der Waals surface area contributed by atoms with Crippen LogP contribution in [-0.2, 0) is 4.79 Å². The molecular weight excluding hydrogens is 236 g/mol. The van der Waals surface area contributed by atoms with Gasteiger partial charge in [0.15, 0.2) is 5.78 Å². The number of carbonyl (C=O) groups excluding carboxylic acids is 1. The smallest absolute Gasteiger partial charge is 0.166 e. The predicted molar refractivity (Wildman–Crippen MR) is 78.5 cm³/mol. The molecule has 3 nitrogen and oxygen atoms in total. The first kappa shape index (κ1) is 13.5. The Hall–Kier alpha value is -1.90. The van der Waals surface area contributed by atoms with Gasteiger partial charge in [-0.2, -0.15) is 0 Å². The number of ketones is 1. The molecule has 1 aromatic carbocycles. The molecule has 0 amide bonds. The van der Waals surface area contributed by atoms with Gasteiger partial charge in [-0.25, -0.2) is 0 Å². The molecule has 0 bridgehead atoms. The highest BCUT2D eigenvalue weighted by Gasteiger charge is 2.24. The van der Waals surface area contributed by atoms with Gasteiger partial charge in [0.25, 0.3) is 0 Å². The standard InChI is InChI=1S/C16H20N2O/c1-10-7-8-12(11(2)9-10)16(18-3)15-13(17)5-4-6-14(15)19/h7-9,17-18H,4-6H2,1-3H3/b16-15+,17-13?. The van der Waals surface area contributed by atoms with Crippen molar-refractivity contribution >= 4 is 17.2 Å². The van der Waals surface area contributed by atoms with Gasteiger partial charge in [0.1, 0.15) is 0 Å². The molecule has 2 rings (SSSR count). The third kappa shape index (κ3) is 2.60. The minimum absolute atomic E-state index is 0.0839. The van der Waals surface area contributed by atoms with Gasteiger partial charge in [0, 0.05) is 24.7 Å². The van der Waals surface area contributed by atoms with Crippen molar-refractivity contribution < 1.29 is 4.79 Å². The number of benzene rings is 1. The van der Waals surface area contributed by atoms with Crippen LogP contribution in [0.25, 0.3) is 5.70 Å². The number of allylic oxidation sites excluding steroid dienone is 1. The van der Waals surface area contributed by atoms with Crippen LogP contribution < -0.4 is 5.32 Å². The molecule has 3 heteroatoms. The monoisotopic (exact) mass is 256 g/mol. The summed E-state index contributed by atoms with van der Waals surface area (Å²) in [4.78, 5) is 12.1. The quantitative estimate of drug-likeness (QED) is 0.799. The van der Waals surface area contributed by atoms with E-state index in [2.05, 4.69) is 18.3 Å². The molecule has 0 aliphatic heterocycles. The number of nitrogens with one attached hydrogen (secondary N) is 2. The van der Waals surface area contributed by atoms with E-state index in [1.807, 2.05) is 26.1 Å². The van der Waals surface area contributed by atoms with Gasteiger partial charge in [-0.05, 0) is 32.3 Å². The highest BCUT2D eigenvalue weighted by Crippen LogP contribution is 2.26. The van der Waals surface area contributed by atoms with Crippen molar-refractivity contribution in [2.75, 3.05) is 7.05 Å². The SMILES string of the molecule is CN/C(=C1\C(=N)CCCC1=O)c1ccc(C)cc1C. The zero-order chi connectivity index (χ0) is 14.0. The topological polar surface area (TPSA) is 53.0 Å². The molecule has 2 N–H and O–H groups in total. The lowest BCUT2D eigenvalue weighted by atomic mass is 9.87. The molecule has 0 spiro atoms. The maximum atomic E-state index is 12.1. The largest absolute Gasteiger partial charge is 0.387 e. The van der Waals surface area contributed by atoms with Crippen molar-refractivity contribution in [3.8, 4) is 0 Å². The molecule has 19 heavy (non-hydrogen) atoms. The maximum Gasteiger partial charge on any atom is 0.166 e. The summed E-state index contributed by atoms with van der Waals surface area (Å²) in [6.45, 7) is 4.09. The molecule has 1 aromatic rings. The fourth-order valence-corrected chi connectivity index (χ4v) is 2.62. The predicted octanol–water partition coefficient (Wildman–Crippen LogP) is 3.01. The number of hydrogen-bond acceptors (Lipinski definition) is 3. The van der Waals surface area contributed by atoms with E-state index in [-0.39, 0.29) is 5.78 Å². The van der Waals surface area contributed by atoms with Crippen LogP contribution in [0.4, 0.5) is 0 Å². The molecule has 0 atom stereocenters. The lowest BCUT2D eigenvalue weighted by molar-refractivity contribution is -0.115. The number of rotatable bonds is 2. The molecule has 0 aromatic heterocycles. The lowest BCUT2D eigenvalue weighted by Crippen LogP contribution is -2.24. The molecule has 1 aliphatic rings. The number of Topliss-reactive ketones (excluding diaryl/α,β-unsaturated/α-hetero) is 1. The molecule has 100 valence electrons. The van der Waals surface area contributed by atoms with E-state index in [4.69, 9.17) is 5.41 Å². The van der Waals surface area contributed by atoms with E-state index in [0.717, 1.165) is 23.2 Å². The molecular formula is C16H20N2O. The van der Waals surface area contributed by atoms with Crippen LogP contribution in [0, 0.1) is 19.3 Å². The average Bonchev–Trinajstić information content (AvgIpc) is 2.35. The van der Waals surface area contributed by atoms with Crippen LogP contribution in [0.3, 0.4) is 0 Å². The average molecular weight is 256 g/mol. The van der Waals surface area contributed by atoms with Crippen LogP contribution >= 0.6 is 0 Å². The Morgan fingerprint density at radius 1 is 1.26 bits per heavy atom. The van der Waals surface area contributed by atoms with E-state index in [0.29, 0.717) is 24.1 Å². The zero-order valence-corrected chi connectivity index (χ0v) is 11.8. The maximum absolute atomic E-state index is 12.1. The second-order valence-electron chi connectivity index (χ2n) is 5.07. The van der Waals surface area contributed by atoms with Crippen LogP contribution in [0.2, 0.25) is 0 Å². The Morgan fingerprint density at radius 3 is 2.58 bits per heavy atom. The first-order valence-electron chi connectivity index (χ1n) is 6.65. The minimum Gasteiger partial charge on any atom is -0.387 e. The minimum atomic E-state index is 0.0839. The fourth-order valence-electron chi connectivity index (χ4n) is 2.62. The lowest BCUT2D eigenvalue weighted by Gasteiger charge is -2.20. The second-order valence-corrected chi connectivity index (χ2v) is 5.07. The molecule has 0 radical (unpaired) electrons. The molecule has 1 saturated carbocycles. The van der Waals surface area contributed by atoms with Gasteiger partial charge in [-0.15, -0.1) is 0 Å². The second kappa shape index (κ2) is 5.39. The first-order valence-corrected chi connectivity index (χ1v) is 6.65. The Labute approximate surface area is 114 Å². The van der Waals surface area contributed by atoms with Gasteiger partial charge in [0.05, 0.1) is 11.3 Å². The third-order valence-electron chi connectivity index (χ3n) is 3.56. The summed E-state index contributed by atoms with van der Waals surface area (Å²) in [5.74, 6) is 0.0839. The van der Waals surface area contributed by atoms with E-state index < -0.39 is 0 Å². The first-order chi connectivity index (χ1) is 9.04. The summed E-state index contributed by atoms with van der Waals surface area (Å²) in [6, 6.07) is 6.17. The fraction of sp³-hybridized carbons (Fsp3) is 0.375. The summed E-state index contributed by atoms with van der Waals surface area (Å²) in [5, 5.41) is 11.2. The van der Waals surface area contributed by atoms with E-state index in [1.165, 1.54) is 5.56 Å². The number of carbonyl (C=O) groups is 1. The van der Waals surface area contributed by atoms with Crippen molar-refractivity contribution in [3.63, 3.8) is 0 Å². The Kier molecular flexibility index (Phi) is 3.84. The van der Waals surface area contributed by atoms with Crippen molar-refractivity contribution in [1.29, 1.82) is 5.41 Å². The van der Waals surface area contributed by atoms with Gasteiger partial charge in [-0.1, -0.05) is 23.8 Å². The van der Waals surface area contributed by atoms with Crippen molar-refractivity contribution in [1.82, 2.24) is 5.32 Å². The Bertz CT molecular complexity index is 552. The van der Waals surface area contributed by atoms with Gasteiger partial charge >= 0.3 is 0 Å². The van der Waals surface area contributed by atoms with Crippen molar-refractivity contribution in [2.24, 2.45) is 0 Å². The number of aryl methyl sites for hydroxylation is 2. The van der Waals surface area contributed by atoms with Crippen LogP contribution in [-0.4, -0.2) is 18.5 Å². The Balaban J connectivity index is 2.60. The van der Waals surface area contributed by atoms with Crippen LogP contribution in [0.5, 0.6) is 0 Å². The normalized spacial score (nSPS) is 18.5. The summed E-state index contributed by atoms with van der Waals surface area (Å²) in [7, 11) is 1.82. The van der Waals surface area contributed by atoms with Crippen LogP contribution in [0.1, 0.15) is 36.0 Å². The van der Waals surface area contributed by atoms with Gasteiger partial charge < -0.3 is 10.7 Å². The van der Waals surface area contributed by atoms with E-state index >= 15 is 0 Å². The molecule has 1 fully saturated rings. The van der Waals surface area contributed by atoms with Gasteiger partial charge in [0.2, 0.25) is 0 Å². The summed E-state index contributed by atoms with van der Waals surface area (Å²) in [5.41, 5.74) is 5.17. The molecule has 0 unspecified atom stereocenters. The zero-order valence-electron chi connectivity index (χ0n) is 11.8. The summed E-state index contributed by atoms with van der Waals surface area (Å²) < 4.78 is 0. The van der Waals surface area contributed by atoms with Crippen LogP contribution in [0.15, 0.2) is 23.8 Å². The van der Waals surface area contributed by atoms with E-state index in [9.17, 15) is 4.79 Å². The Morgan fingerprint density at radius 2 is 2.00 bits per heavy atom. The number of hydrogen-bond donors (Lipinski definition) is 2. The highest BCUT2D eigenvalue weighted by atomic mass is 16.1.